The molecule has 0 spiro atoms. The third kappa shape index (κ3) is 7.07. The van der Waals surface area contributed by atoms with Gasteiger partial charge in [-0.15, -0.1) is 0 Å². The number of benzene rings is 1. The number of amides is 5. The number of ether oxygens (including phenoxy) is 1. The Morgan fingerprint density at radius 3 is 2.65 bits per heavy atom. The van der Waals surface area contributed by atoms with E-state index in [1.54, 1.807) is 32.9 Å². The first-order valence-corrected chi connectivity index (χ1v) is 12.2. The molecule has 1 fully saturated rings. The van der Waals surface area contributed by atoms with Crippen molar-refractivity contribution in [3.05, 3.63) is 34.9 Å². The molecule has 11 nitrogen and oxygen atoms in total. The van der Waals surface area contributed by atoms with E-state index >= 15 is 0 Å². The smallest absolute Gasteiger partial charge is 0.407 e. The fourth-order valence-electron chi connectivity index (χ4n) is 4.08. The fourth-order valence-corrected chi connectivity index (χ4v) is 4.08. The lowest BCUT2D eigenvalue weighted by Gasteiger charge is -2.35. The lowest BCUT2D eigenvalue weighted by Crippen LogP contribution is -2.57. The Kier molecular flexibility index (Phi) is 8.89. The third-order valence-corrected chi connectivity index (χ3v) is 5.85. The number of carbonyl (C=O) groups is 5. The van der Waals surface area contributed by atoms with Gasteiger partial charge >= 0.3 is 6.09 Å². The van der Waals surface area contributed by atoms with Crippen LogP contribution in [0.2, 0.25) is 0 Å². The molecule has 4 N–H and O–H groups in total. The Morgan fingerprint density at radius 2 is 1.95 bits per heavy atom. The summed E-state index contributed by atoms with van der Waals surface area (Å²) in [4.78, 5) is 64.1. The molecule has 1 aromatic rings. The Labute approximate surface area is 216 Å². The largest absolute Gasteiger partial charge is 0.444 e. The number of piperidine rings is 1. The monoisotopic (exact) mass is 511 g/mol. The Bertz CT molecular complexity index is 1150. The van der Waals surface area contributed by atoms with Gasteiger partial charge in [-0.2, -0.15) is 0 Å². The molecule has 198 valence electrons. The van der Waals surface area contributed by atoms with Crippen LogP contribution in [0.1, 0.15) is 67.9 Å². The SMILES string of the molecule is CC(C)(C)OC(=O)NCCCC#Cc1cccc2c1CN(C1CCC(=O)N(CNC(=O)CN)C1=O)C2=O. The number of nitrogens with two attached hydrogens (primary N) is 1. The minimum atomic E-state index is -0.813. The van der Waals surface area contributed by atoms with Gasteiger partial charge in [-0.25, -0.2) is 4.79 Å². The normalized spacial score (nSPS) is 17.2. The quantitative estimate of drug-likeness (QED) is 0.279. The van der Waals surface area contributed by atoms with Crippen molar-refractivity contribution >= 4 is 29.7 Å². The predicted molar refractivity (Wildman–Crippen MR) is 134 cm³/mol. The van der Waals surface area contributed by atoms with Crippen molar-refractivity contribution in [2.45, 2.75) is 64.6 Å². The Hall–Kier alpha value is -3.91. The zero-order valence-electron chi connectivity index (χ0n) is 21.4. The number of likely N-dealkylation sites (tertiary alicyclic amines) is 1. The Balaban J connectivity index is 1.61. The Morgan fingerprint density at radius 1 is 1.19 bits per heavy atom. The van der Waals surface area contributed by atoms with Crippen LogP contribution in [-0.4, -0.2) is 70.9 Å². The maximum absolute atomic E-state index is 13.2. The van der Waals surface area contributed by atoms with E-state index in [9.17, 15) is 24.0 Å². The highest BCUT2D eigenvalue weighted by Gasteiger charge is 2.43. The van der Waals surface area contributed by atoms with Gasteiger partial charge in [-0.05, 0) is 51.3 Å². The van der Waals surface area contributed by atoms with E-state index in [1.165, 1.54) is 4.90 Å². The molecule has 5 amide bonds. The molecular weight excluding hydrogens is 478 g/mol. The lowest BCUT2D eigenvalue weighted by molar-refractivity contribution is -0.152. The summed E-state index contributed by atoms with van der Waals surface area (Å²) in [6, 6.07) is 4.45. The molecule has 2 heterocycles. The second kappa shape index (κ2) is 11.9. The van der Waals surface area contributed by atoms with Crippen LogP contribution in [0.4, 0.5) is 4.79 Å². The molecule has 0 radical (unpaired) electrons. The van der Waals surface area contributed by atoms with Crippen LogP contribution in [0.15, 0.2) is 18.2 Å². The molecule has 11 heteroatoms. The molecule has 1 aromatic carbocycles. The summed E-state index contributed by atoms with van der Waals surface area (Å²) in [7, 11) is 0. The zero-order chi connectivity index (χ0) is 27.2. The van der Waals surface area contributed by atoms with E-state index in [1.807, 2.05) is 6.07 Å². The second-order valence-corrected chi connectivity index (χ2v) is 9.78. The van der Waals surface area contributed by atoms with Crippen LogP contribution in [0, 0.1) is 11.8 Å². The average molecular weight is 512 g/mol. The number of rotatable bonds is 7. The molecule has 1 atom stereocenters. The van der Waals surface area contributed by atoms with Gasteiger partial charge in [-0.3, -0.25) is 24.1 Å². The summed E-state index contributed by atoms with van der Waals surface area (Å²) >= 11 is 0. The van der Waals surface area contributed by atoms with E-state index in [4.69, 9.17) is 10.5 Å². The van der Waals surface area contributed by atoms with E-state index < -0.39 is 35.5 Å². The molecule has 37 heavy (non-hydrogen) atoms. The maximum atomic E-state index is 13.2. The van der Waals surface area contributed by atoms with Gasteiger partial charge in [0.25, 0.3) is 11.8 Å². The number of carbonyl (C=O) groups excluding carboxylic acids is 5. The van der Waals surface area contributed by atoms with Crippen LogP contribution in [0.5, 0.6) is 0 Å². The van der Waals surface area contributed by atoms with E-state index in [0.29, 0.717) is 30.5 Å². The molecule has 0 aromatic heterocycles. The van der Waals surface area contributed by atoms with Gasteiger partial charge in [0.15, 0.2) is 0 Å². The van der Waals surface area contributed by atoms with Gasteiger partial charge in [0.2, 0.25) is 11.8 Å². The van der Waals surface area contributed by atoms with Crippen LogP contribution in [-0.2, 0) is 25.7 Å². The fraction of sp³-hybridized carbons (Fsp3) is 0.500. The van der Waals surface area contributed by atoms with Crippen LogP contribution in [0.25, 0.3) is 0 Å². The van der Waals surface area contributed by atoms with E-state index in [2.05, 4.69) is 22.5 Å². The van der Waals surface area contributed by atoms with Crippen molar-refractivity contribution in [3.63, 3.8) is 0 Å². The third-order valence-electron chi connectivity index (χ3n) is 5.85. The van der Waals surface area contributed by atoms with Crippen molar-refractivity contribution < 1.29 is 28.7 Å². The first-order chi connectivity index (χ1) is 17.5. The first kappa shape index (κ1) is 27.7. The summed E-state index contributed by atoms with van der Waals surface area (Å²) in [5.74, 6) is 4.46. The number of hydrogen-bond donors (Lipinski definition) is 3. The minimum Gasteiger partial charge on any atom is -0.444 e. The van der Waals surface area contributed by atoms with Crippen LogP contribution < -0.4 is 16.4 Å². The number of fused-ring (bicyclic) bond motifs is 1. The van der Waals surface area contributed by atoms with E-state index in [-0.39, 0.29) is 38.5 Å². The first-order valence-electron chi connectivity index (χ1n) is 12.2. The van der Waals surface area contributed by atoms with Crippen LogP contribution in [0.3, 0.4) is 0 Å². The topological polar surface area (TPSA) is 151 Å². The lowest BCUT2D eigenvalue weighted by atomic mass is 10.0. The minimum absolute atomic E-state index is 0.0824. The molecule has 1 saturated heterocycles. The van der Waals surface area contributed by atoms with Gasteiger partial charge in [-0.1, -0.05) is 17.9 Å². The highest BCUT2D eigenvalue weighted by molar-refractivity contribution is 6.05. The number of imide groups is 1. The molecular formula is C26H33N5O6. The number of nitrogens with zero attached hydrogens (tertiary/aromatic N) is 2. The molecule has 2 aliphatic rings. The van der Waals surface area contributed by atoms with Crippen molar-refractivity contribution in [2.75, 3.05) is 19.8 Å². The van der Waals surface area contributed by atoms with Crippen LogP contribution >= 0.6 is 0 Å². The molecule has 0 bridgehead atoms. The van der Waals surface area contributed by atoms with Crippen molar-refractivity contribution in [3.8, 4) is 11.8 Å². The molecule has 2 aliphatic heterocycles. The number of nitrogens with one attached hydrogen (secondary N) is 2. The van der Waals surface area contributed by atoms with E-state index in [0.717, 1.165) is 10.5 Å². The number of unbranched alkanes of at least 4 members (excludes halogenated alkanes) is 1. The molecule has 0 aliphatic carbocycles. The second-order valence-electron chi connectivity index (χ2n) is 9.78. The summed E-state index contributed by atoms with van der Waals surface area (Å²) in [6.07, 6.45) is 0.986. The molecule has 0 saturated carbocycles. The summed E-state index contributed by atoms with van der Waals surface area (Å²) < 4.78 is 5.19. The zero-order valence-corrected chi connectivity index (χ0v) is 21.4. The van der Waals surface area contributed by atoms with Gasteiger partial charge in [0.1, 0.15) is 18.3 Å². The average Bonchev–Trinajstić information content (AvgIpc) is 3.16. The molecule has 1 unspecified atom stereocenters. The highest BCUT2D eigenvalue weighted by Crippen LogP contribution is 2.30. The van der Waals surface area contributed by atoms with Crippen molar-refractivity contribution in [1.29, 1.82) is 0 Å². The standard InChI is InChI=1S/C26H33N5O6/c1-26(2,3)37-25(36)28-13-6-4-5-8-17-9-7-10-18-19(17)15-30(23(18)34)20-11-12-22(33)31(24(20)35)16-29-21(32)14-27/h7,9-10,20H,4,6,11-16,27H2,1-3H3,(H,28,36)(H,29,32). The van der Waals surface area contributed by atoms with Crippen molar-refractivity contribution in [1.82, 2.24) is 20.4 Å². The highest BCUT2D eigenvalue weighted by atomic mass is 16.6. The predicted octanol–water partition coefficient (Wildman–Crippen LogP) is 0.849. The van der Waals surface area contributed by atoms with Gasteiger partial charge in [0.05, 0.1) is 6.54 Å². The summed E-state index contributed by atoms with van der Waals surface area (Å²) in [5, 5.41) is 5.12. The van der Waals surface area contributed by atoms with Gasteiger partial charge < -0.3 is 26.0 Å². The number of alkyl carbamates (subject to hydrolysis) is 1. The summed E-state index contributed by atoms with van der Waals surface area (Å²) in [6.45, 7) is 5.48. The van der Waals surface area contributed by atoms with Gasteiger partial charge in [0, 0.05) is 37.1 Å². The maximum Gasteiger partial charge on any atom is 0.407 e. The number of hydrogen-bond acceptors (Lipinski definition) is 7. The van der Waals surface area contributed by atoms with Crippen molar-refractivity contribution in [2.24, 2.45) is 5.73 Å². The summed E-state index contributed by atoms with van der Waals surface area (Å²) in [5.41, 5.74) is 6.62. The molecule has 3 rings (SSSR count).